The van der Waals surface area contributed by atoms with Crippen LogP contribution in [-0.4, -0.2) is 36.1 Å². The lowest BCUT2D eigenvalue weighted by Crippen LogP contribution is -2.32. The first-order valence-corrected chi connectivity index (χ1v) is 10.5. The molecule has 2 aliphatic rings. The molecule has 0 radical (unpaired) electrons. The Hall–Kier alpha value is -2.70. The van der Waals surface area contributed by atoms with E-state index in [0.717, 1.165) is 61.0 Å². The Balaban J connectivity index is 1.32. The second-order valence-corrected chi connectivity index (χ2v) is 7.94. The summed E-state index contributed by atoms with van der Waals surface area (Å²) in [6.07, 6.45) is 9.25. The molecule has 29 heavy (non-hydrogen) atoms. The van der Waals surface area contributed by atoms with E-state index in [9.17, 15) is 0 Å². The van der Waals surface area contributed by atoms with Crippen LogP contribution in [0.4, 0.5) is 5.82 Å². The summed E-state index contributed by atoms with van der Waals surface area (Å²) in [6, 6.07) is 12.7. The molecule has 6 heteroatoms. The number of rotatable bonds is 7. The Labute approximate surface area is 172 Å². The number of aromatic nitrogens is 1. The van der Waals surface area contributed by atoms with Crippen LogP contribution in [0.1, 0.15) is 36.8 Å². The topological polar surface area (TPSA) is 81.8 Å². The Morgan fingerprint density at radius 1 is 1.21 bits per heavy atom. The van der Waals surface area contributed by atoms with Crippen LogP contribution in [0, 0.1) is 11.8 Å². The van der Waals surface area contributed by atoms with Crippen molar-refractivity contribution >= 4 is 24.6 Å². The van der Waals surface area contributed by atoms with Crippen molar-refractivity contribution in [2.24, 2.45) is 27.7 Å². The molecule has 2 aromatic rings. The number of H-pyrrole nitrogens is 1. The van der Waals surface area contributed by atoms with Crippen molar-refractivity contribution in [3.05, 3.63) is 59.4 Å². The Morgan fingerprint density at radius 2 is 2.00 bits per heavy atom. The normalized spacial score (nSPS) is 23.0. The van der Waals surface area contributed by atoms with Gasteiger partial charge in [0.1, 0.15) is 12.2 Å². The zero-order valence-corrected chi connectivity index (χ0v) is 16.8. The number of nitrogens with zero attached hydrogens (tertiary/aromatic N) is 3. The molecule has 1 saturated carbocycles. The van der Waals surface area contributed by atoms with Gasteiger partial charge in [0.25, 0.3) is 0 Å². The maximum atomic E-state index is 6.21. The van der Waals surface area contributed by atoms with Crippen LogP contribution >= 0.6 is 0 Å². The Kier molecular flexibility index (Phi) is 6.22. The lowest BCUT2D eigenvalue weighted by atomic mass is 9.79. The number of aliphatic imine (C=N–C) groups is 2. The second-order valence-electron chi connectivity index (χ2n) is 7.94. The largest absolute Gasteiger partial charge is 0.346 e. The van der Waals surface area contributed by atoms with Crippen LogP contribution in [0.2, 0.25) is 0 Å². The van der Waals surface area contributed by atoms with E-state index in [-0.39, 0.29) is 0 Å². The first-order chi connectivity index (χ1) is 14.3. The van der Waals surface area contributed by atoms with Gasteiger partial charge in [0, 0.05) is 17.7 Å². The average molecular weight is 391 g/mol. The third kappa shape index (κ3) is 4.49. The fourth-order valence-corrected chi connectivity index (χ4v) is 4.47. The molecular formula is C23H30N6. The molecule has 1 aromatic heterocycles. The summed E-state index contributed by atoms with van der Waals surface area (Å²) in [6.45, 7) is 5.98. The van der Waals surface area contributed by atoms with Crippen LogP contribution in [0.5, 0.6) is 0 Å². The Morgan fingerprint density at radius 3 is 2.76 bits per heavy atom. The van der Waals surface area contributed by atoms with E-state index in [1.54, 1.807) is 11.3 Å². The van der Waals surface area contributed by atoms with E-state index in [1.165, 1.54) is 18.4 Å². The molecule has 2 heterocycles. The van der Waals surface area contributed by atoms with Gasteiger partial charge in [-0.25, -0.2) is 10.8 Å². The van der Waals surface area contributed by atoms with Crippen molar-refractivity contribution < 1.29 is 0 Å². The zero-order valence-electron chi connectivity index (χ0n) is 16.8. The standard InChI is InChI=1S/C23H30N6/c1-25-21(22-20-12-14-27-23(20)28-16-29(22)24)19-9-7-18(8-10-19)15-26-13-11-17-5-3-2-4-6-17/h2-6,12,14,16,18-19,26-27H,1,7-11,13,15,24H2/b22-21-. The summed E-state index contributed by atoms with van der Waals surface area (Å²) in [5, 5.41) is 5.22. The highest BCUT2D eigenvalue weighted by Crippen LogP contribution is 2.40. The molecule has 1 fully saturated rings. The molecule has 1 aliphatic heterocycles. The van der Waals surface area contributed by atoms with Crippen molar-refractivity contribution in [2.45, 2.75) is 32.1 Å². The van der Waals surface area contributed by atoms with Gasteiger partial charge in [-0.1, -0.05) is 30.3 Å². The predicted octanol–water partition coefficient (Wildman–Crippen LogP) is 3.87. The van der Waals surface area contributed by atoms with Gasteiger partial charge in [0.2, 0.25) is 0 Å². The number of aromatic amines is 1. The highest BCUT2D eigenvalue weighted by molar-refractivity contribution is 5.87. The SMILES string of the molecule is C=N/C(=C1/c2cc[nH]c2N=CN1N)C1CCC(CNCCc2ccccc2)CC1. The van der Waals surface area contributed by atoms with Gasteiger partial charge in [0.15, 0.2) is 0 Å². The number of nitrogens with one attached hydrogen (secondary N) is 2. The van der Waals surface area contributed by atoms with Crippen molar-refractivity contribution in [1.82, 2.24) is 15.3 Å². The van der Waals surface area contributed by atoms with Gasteiger partial charge in [0.05, 0.1) is 11.4 Å². The monoisotopic (exact) mass is 390 g/mol. The van der Waals surface area contributed by atoms with Crippen molar-refractivity contribution in [2.75, 3.05) is 13.1 Å². The van der Waals surface area contributed by atoms with Gasteiger partial charge in [-0.05, 0) is 69.5 Å². The fraction of sp³-hybridized carbons (Fsp3) is 0.391. The first-order valence-electron chi connectivity index (χ1n) is 10.5. The molecule has 152 valence electrons. The molecule has 1 aliphatic carbocycles. The summed E-state index contributed by atoms with van der Waals surface area (Å²) in [4.78, 5) is 11.9. The molecule has 0 atom stereocenters. The number of allylic oxidation sites excluding steroid dienone is 1. The van der Waals surface area contributed by atoms with E-state index in [4.69, 9.17) is 5.84 Å². The molecule has 4 rings (SSSR count). The number of hydrogen-bond acceptors (Lipinski definition) is 5. The molecule has 0 spiro atoms. The van der Waals surface area contributed by atoms with E-state index in [2.05, 4.69) is 57.3 Å². The van der Waals surface area contributed by atoms with E-state index in [0.29, 0.717) is 5.92 Å². The number of benzene rings is 1. The highest BCUT2D eigenvalue weighted by Gasteiger charge is 2.29. The lowest BCUT2D eigenvalue weighted by Gasteiger charge is -2.32. The van der Waals surface area contributed by atoms with Crippen molar-refractivity contribution in [1.29, 1.82) is 0 Å². The minimum Gasteiger partial charge on any atom is -0.346 e. The lowest BCUT2D eigenvalue weighted by molar-refractivity contribution is 0.291. The van der Waals surface area contributed by atoms with Gasteiger partial charge in [-0.3, -0.25) is 10.0 Å². The van der Waals surface area contributed by atoms with Crippen LogP contribution in [0.15, 0.2) is 58.3 Å². The minimum atomic E-state index is 0.392. The van der Waals surface area contributed by atoms with E-state index < -0.39 is 0 Å². The van der Waals surface area contributed by atoms with Crippen LogP contribution in [0.3, 0.4) is 0 Å². The van der Waals surface area contributed by atoms with Gasteiger partial charge in [-0.2, -0.15) is 0 Å². The molecule has 0 unspecified atom stereocenters. The maximum absolute atomic E-state index is 6.21. The summed E-state index contributed by atoms with van der Waals surface area (Å²) in [5.74, 6) is 8.16. The molecule has 0 saturated heterocycles. The smallest absolute Gasteiger partial charge is 0.141 e. The van der Waals surface area contributed by atoms with Gasteiger partial charge in [-0.15, -0.1) is 0 Å². The molecule has 0 bridgehead atoms. The Bertz CT molecular complexity index is 874. The molecule has 4 N–H and O–H groups in total. The highest BCUT2D eigenvalue weighted by atomic mass is 15.4. The predicted molar refractivity (Wildman–Crippen MR) is 120 cm³/mol. The second kappa shape index (κ2) is 9.20. The first kappa shape index (κ1) is 19.6. The number of fused-ring (bicyclic) bond motifs is 1. The summed E-state index contributed by atoms with van der Waals surface area (Å²) < 4.78 is 0. The quantitative estimate of drug-likeness (QED) is 0.381. The molecule has 6 nitrogen and oxygen atoms in total. The third-order valence-electron chi connectivity index (χ3n) is 6.06. The molecule has 0 amide bonds. The van der Waals surface area contributed by atoms with Crippen molar-refractivity contribution in [3.8, 4) is 0 Å². The summed E-state index contributed by atoms with van der Waals surface area (Å²) in [7, 11) is 0. The van der Waals surface area contributed by atoms with E-state index >= 15 is 0 Å². The summed E-state index contributed by atoms with van der Waals surface area (Å²) >= 11 is 0. The third-order valence-corrected chi connectivity index (χ3v) is 6.06. The van der Waals surface area contributed by atoms with Gasteiger partial charge < -0.3 is 10.3 Å². The maximum Gasteiger partial charge on any atom is 0.141 e. The van der Waals surface area contributed by atoms with E-state index in [1.807, 2.05) is 12.3 Å². The molecule has 1 aromatic carbocycles. The minimum absolute atomic E-state index is 0.392. The van der Waals surface area contributed by atoms with Crippen LogP contribution in [-0.2, 0) is 6.42 Å². The fourth-order valence-electron chi connectivity index (χ4n) is 4.47. The van der Waals surface area contributed by atoms with Gasteiger partial charge >= 0.3 is 0 Å². The number of hydrogen-bond donors (Lipinski definition) is 3. The summed E-state index contributed by atoms with van der Waals surface area (Å²) in [5.41, 5.74) is 4.32. The van der Waals surface area contributed by atoms with Crippen molar-refractivity contribution in [3.63, 3.8) is 0 Å². The average Bonchev–Trinajstić information content (AvgIpc) is 3.24. The number of nitrogens with two attached hydrogens (primary N) is 1. The number of hydrazine groups is 1. The van der Waals surface area contributed by atoms with Crippen LogP contribution in [0.25, 0.3) is 5.70 Å². The molecular weight excluding hydrogens is 360 g/mol. The van der Waals surface area contributed by atoms with Crippen LogP contribution < -0.4 is 11.2 Å². The zero-order chi connectivity index (χ0) is 20.1.